The van der Waals surface area contributed by atoms with E-state index in [0.717, 1.165) is 30.2 Å². The molecule has 0 spiro atoms. The Kier molecular flexibility index (Phi) is 6.35. The van der Waals surface area contributed by atoms with E-state index < -0.39 is 10.0 Å². The fourth-order valence-electron chi connectivity index (χ4n) is 1.68. The molecule has 0 unspecified atom stereocenters. The van der Waals surface area contributed by atoms with E-state index in [1.54, 1.807) is 11.8 Å². The van der Waals surface area contributed by atoms with Gasteiger partial charge in [0.1, 0.15) is 0 Å². The van der Waals surface area contributed by atoms with Gasteiger partial charge in [-0.05, 0) is 20.3 Å². The Labute approximate surface area is 120 Å². The molecule has 1 heterocycles. The minimum absolute atomic E-state index is 0.433. The largest absolute Gasteiger partial charge is 0.323 e. The van der Waals surface area contributed by atoms with E-state index >= 15 is 0 Å². The Morgan fingerprint density at radius 3 is 2.63 bits per heavy atom. The van der Waals surface area contributed by atoms with Crippen LogP contribution in [0.4, 0.5) is 0 Å². The molecule has 0 amide bonds. The number of hydrogen-bond acceptors (Lipinski definition) is 4. The van der Waals surface area contributed by atoms with Crippen LogP contribution >= 0.6 is 11.8 Å². The third kappa shape index (κ3) is 5.54. The van der Waals surface area contributed by atoms with Crippen LogP contribution in [0.1, 0.15) is 31.2 Å². The van der Waals surface area contributed by atoms with Gasteiger partial charge in [0.25, 0.3) is 0 Å². The number of hydrogen-bond donors (Lipinski definition) is 1. The first-order valence-electron chi connectivity index (χ1n) is 6.46. The highest BCUT2D eigenvalue weighted by atomic mass is 32.2. The maximum atomic E-state index is 11.0. The van der Waals surface area contributed by atoms with Crippen LogP contribution in [0.3, 0.4) is 0 Å². The van der Waals surface area contributed by atoms with Crippen molar-refractivity contribution in [2.75, 3.05) is 18.6 Å². The lowest BCUT2D eigenvalue weighted by atomic mass is 10.3. The summed E-state index contributed by atoms with van der Waals surface area (Å²) in [6.45, 7) is 7.67. The van der Waals surface area contributed by atoms with Gasteiger partial charge in [0.05, 0.1) is 11.9 Å². The maximum Gasteiger partial charge on any atom is 0.208 e. The molecule has 0 fully saturated rings. The standard InChI is InChI=1S/C12H23N3O2S2/c1-5-6-8-15-11(3)10(2)14-12(15)18-9-7-13-19(4,16)17/h13H,5-9H2,1-4H3. The quantitative estimate of drug-likeness (QED) is 0.589. The van der Waals surface area contributed by atoms with Gasteiger partial charge < -0.3 is 4.57 Å². The van der Waals surface area contributed by atoms with Gasteiger partial charge >= 0.3 is 0 Å². The van der Waals surface area contributed by atoms with E-state index in [0.29, 0.717) is 12.3 Å². The number of imidazole rings is 1. The summed E-state index contributed by atoms with van der Waals surface area (Å²) in [6, 6.07) is 0. The average Bonchev–Trinajstić information content (AvgIpc) is 2.57. The zero-order valence-corrected chi connectivity index (χ0v) is 13.7. The summed E-state index contributed by atoms with van der Waals surface area (Å²) in [5.74, 6) is 0.690. The second kappa shape index (κ2) is 7.31. The molecule has 110 valence electrons. The van der Waals surface area contributed by atoms with Gasteiger partial charge in [0, 0.05) is 24.5 Å². The van der Waals surface area contributed by atoms with Crippen LogP contribution in [0.15, 0.2) is 5.16 Å². The minimum Gasteiger partial charge on any atom is -0.323 e. The molecular weight excluding hydrogens is 282 g/mol. The highest BCUT2D eigenvalue weighted by Gasteiger charge is 2.11. The molecule has 0 aliphatic carbocycles. The molecule has 7 heteroatoms. The molecule has 0 saturated heterocycles. The molecule has 0 aliphatic rings. The number of nitrogens with one attached hydrogen (secondary N) is 1. The second-order valence-electron chi connectivity index (χ2n) is 4.59. The smallest absolute Gasteiger partial charge is 0.208 e. The molecule has 0 aliphatic heterocycles. The summed E-state index contributed by atoms with van der Waals surface area (Å²) in [5, 5.41) is 0.985. The summed E-state index contributed by atoms with van der Waals surface area (Å²) in [7, 11) is -3.10. The van der Waals surface area contributed by atoms with Gasteiger partial charge in [-0.25, -0.2) is 18.1 Å². The van der Waals surface area contributed by atoms with E-state index in [4.69, 9.17) is 0 Å². The van der Waals surface area contributed by atoms with Crippen molar-refractivity contribution in [3.63, 3.8) is 0 Å². The fraction of sp³-hybridized carbons (Fsp3) is 0.750. The maximum absolute atomic E-state index is 11.0. The van der Waals surface area contributed by atoms with E-state index in [2.05, 4.69) is 28.1 Å². The van der Waals surface area contributed by atoms with Crippen molar-refractivity contribution in [2.24, 2.45) is 0 Å². The molecule has 0 aromatic carbocycles. The second-order valence-corrected chi connectivity index (χ2v) is 7.48. The molecule has 0 atom stereocenters. The number of sulfonamides is 1. The lowest BCUT2D eigenvalue weighted by molar-refractivity contribution is 0.575. The summed E-state index contributed by atoms with van der Waals surface area (Å²) in [5.41, 5.74) is 2.25. The van der Waals surface area contributed by atoms with Gasteiger partial charge in [-0.3, -0.25) is 0 Å². The van der Waals surface area contributed by atoms with Crippen LogP contribution in [0.2, 0.25) is 0 Å². The van der Waals surface area contributed by atoms with Gasteiger partial charge in [-0.15, -0.1) is 0 Å². The first-order valence-corrected chi connectivity index (χ1v) is 9.34. The van der Waals surface area contributed by atoms with Crippen LogP contribution in [0.25, 0.3) is 0 Å². The zero-order chi connectivity index (χ0) is 14.5. The first-order chi connectivity index (χ1) is 8.85. The van der Waals surface area contributed by atoms with Crippen LogP contribution in [-0.4, -0.2) is 36.5 Å². The Hall–Kier alpha value is -0.530. The molecular formula is C12H23N3O2S2. The predicted molar refractivity (Wildman–Crippen MR) is 80.2 cm³/mol. The number of nitrogens with zero attached hydrogens (tertiary/aromatic N) is 2. The fourth-order valence-corrected chi connectivity index (χ4v) is 3.26. The van der Waals surface area contributed by atoms with Crippen LogP contribution < -0.4 is 4.72 Å². The Morgan fingerprint density at radius 2 is 2.05 bits per heavy atom. The van der Waals surface area contributed by atoms with Crippen molar-refractivity contribution in [3.8, 4) is 0 Å². The molecule has 0 bridgehead atoms. The number of aryl methyl sites for hydroxylation is 1. The van der Waals surface area contributed by atoms with E-state index in [1.807, 2.05) is 6.92 Å². The SMILES string of the molecule is CCCCn1c(SCCNS(C)(=O)=O)nc(C)c1C. The van der Waals surface area contributed by atoms with Crippen molar-refractivity contribution < 1.29 is 8.42 Å². The van der Waals surface area contributed by atoms with Crippen LogP contribution in [-0.2, 0) is 16.6 Å². The highest BCUT2D eigenvalue weighted by molar-refractivity contribution is 7.99. The van der Waals surface area contributed by atoms with Crippen molar-refractivity contribution in [1.82, 2.24) is 14.3 Å². The van der Waals surface area contributed by atoms with Crippen LogP contribution in [0.5, 0.6) is 0 Å². The summed E-state index contributed by atoms with van der Waals surface area (Å²) < 4.78 is 26.7. The average molecular weight is 305 g/mol. The number of rotatable bonds is 8. The lowest BCUT2D eigenvalue weighted by Gasteiger charge is -2.09. The number of aromatic nitrogens is 2. The zero-order valence-electron chi connectivity index (χ0n) is 12.1. The van der Waals surface area contributed by atoms with Crippen LogP contribution in [0, 0.1) is 13.8 Å². The summed E-state index contributed by atoms with van der Waals surface area (Å²) in [6.07, 6.45) is 3.45. The van der Waals surface area contributed by atoms with Gasteiger partial charge in [-0.1, -0.05) is 25.1 Å². The molecule has 1 aromatic heterocycles. The van der Waals surface area contributed by atoms with Crippen molar-refractivity contribution in [2.45, 2.75) is 45.3 Å². The van der Waals surface area contributed by atoms with E-state index in [-0.39, 0.29) is 0 Å². The van der Waals surface area contributed by atoms with Gasteiger partial charge in [0.15, 0.2) is 5.16 Å². The topological polar surface area (TPSA) is 64.0 Å². The molecule has 1 aromatic rings. The Bertz CT molecular complexity index is 509. The van der Waals surface area contributed by atoms with Crippen molar-refractivity contribution in [1.29, 1.82) is 0 Å². The summed E-state index contributed by atoms with van der Waals surface area (Å²) in [4.78, 5) is 4.55. The van der Waals surface area contributed by atoms with Crippen molar-refractivity contribution in [3.05, 3.63) is 11.4 Å². The molecule has 1 N–H and O–H groups in total. The molecule has 0 radical (unpaired) electrons. The number of thioether (sulfide) groups is 1. The molecule has 5 nitrogen and oxygen atoms in total. The minimum atomic E-state index is -3.10. The van der Waals surface area contributed by atoms with E-state index in [9.17, 15) is 8.42 Å². The van der Waals surface area contributed by atoms with Gasteiger partial charge in [-0.2, -0.15) is 0 Å². The molecule has 0 saturated carbocycles. The Morgan fingerprint density at radius 1 is 1.37 bits per heavy atom. The monoisotopic (exact) mass is 305 g/mol. The first kappa shape index (κ1) is 16.5. The molecule has 1 rings (SSSR count). The predicted octanol–water partition coefficient (Wildman–Crippen LogP) is 1.94. The third-order valence-corrected chi connectivity index (χ3v) is 4.56. The third-order valence-electron chi connectivity index (χ3n) is 2.86. The Balaban J connectivity index is 2.59. The lowest BCUT2D eigenvalue weighted by Crippen LogP contribution is -2.24. The summed E-state index contributed by atoms with van der Waals surface area (Å²) >= 11 is 1.60. The highest BCUT2D eigenvalue weighted by Crippen LogP contribution is 2.21. The molecule has 19 heavy (non-hydrogen) atoms. The normalized spacial score (nSPS) is 12.0. The van der Waals surface area contributed by atoms with E-state index in [1.165, 1.54) is 11.9 Å². The van der Waals surface area contributed by atoms with Gasteiger partial charge in [0.2, 0.25) is 10.0 Å². The number of unbranched alkanes of at least 4 members (excludes halogenated alkanes) is 1. The van der Waals surface area contributed by atoms with Crippen molar-refractivity contribution >= 4 is 21.8 Å².